The van der Waals surface area contributed by atoms with Crippen molar-refractivity contribution in [1.29, 1.82) is 0 Å². The molecule has 0 radical (unpaired) electrons. The number of hydrogen-bond acceptors (Lipinski definition) is 2. The van der Waals surface area contributed by atoms with Crippen LogP contribution in [0.5, 0.6) is 0 Å². The molecule has 0 aliphatic carbocycles. The van der Waals surface area contributed by atoms with Crippen LogP contribution in [0.3, 0.4) is 0 Å². The number of nitrogens with two attached hydrogens (primary N) is 1. The average molecular weight is 234 g/mol. The fourth-order valence-electron chi connectivity index (χ4n) is 2.55. The molecule has 0 aromatic heterocycles. The molecule has 0 bridgehead atoms. The lowest BCUT2D eigenvalue weighted by Crippen LogP contribution is -2.29. The lowest BCUT2D eigenvalue weighted by atomic mass is 9.90. The smallest absolute Gasteiger partial charge is 0.0465 e. The molecule has 17 heavy (non-hydrogen) atoms. The van der Waals surface area contributed by atoms with Crippen LogP contribution in [0.25, 0.3) is 0 Å². The Morgan fingerprint density at radius 2 is 1.59 bits per heavy atom. The van der Waals surface area contributed by atoms with Crippen LogP contribution in [0.1, 0.15) is 55.0 Å². The summed E-state index contributed by atoms with van der Waals surface area (Å²) in [7, 11) is 0. The highest BCUT2D eigenvalue weighted by Crippen LogP contribution is 2.27. The molecule has 2 heteroatoms. The van der Waals surface area contributed by atoms with Gasteiger partial charge in [0.25, 0.3) is 0 Å². The molecule has 0 aliphatic rings. The van der Waals surface area contributed by atoms with Crippen LogP contribution < -0.4 is 11.3 Å². The van der Waals surface area contributed by atoms with Crippen LogP contribution in [0.15, 0.2) is 12.1 Å². The lowest BCUT2D eigenvalue weighted by Gasteiger charge is -2.22. The Balaban J connectivity index is 2.95. The van der Waals surface area contributed by atoms with E-state index in [1.807, 2.05) is 0 Å². The van der Waals surface area contributed by atoms with Crippen molar-refractivity contribution in [1.82, 2.24) is 5.43 Å². The van der Waals surface area contributed by atoms with Gasteiger partial charge >= 0.3 is 0 Å². The minimum Gasteiger partial charge on any atom is -0.271 e. The molecule has 0 amide bonds. The minimum absolute atomic E-state index is 0.276. The Bertz CT molecular complexity index is 346. The van der Waals surface area contributed by atoms with Crippen LogP contribution in [0.4, 0.5) is 0 Å². The maximum Gasteiger partial charge on any atom is 0.0465 e. The van der Waals surface area contributed by atoms with Gasteiger partial charge in [0.1, 0.15) is 0 Å². The molecule has 0 heterocycles. The van der Waals surface area contributed by atoms with E-state index in [0.29, 0.717) is 0 Å². The normalized spacial score (nSPS) is 13.1. The first-order chi connectivity index (χ1) is 7.95. The zero-order chi connectivity index (χ0) is 13.0. The first-order valence-corrected chi connectivity index (χ1v) is 6.49. The SMILES string of the molecule is Cc1cc(C)c(C(CCC(C)C)NN)c(C)c1. The van der Waals surface area contributed by atoms with Gasteiger partial charge in [0.2, 0.25) is 0 Å². The summed E-state index contributed by atoms with van der Waals surface area (Å²) in [5.74, 6) is 6.44. The van der Waals surface area contributed by atoms with Gasteiger partial charge in [-0.2, -0.15) is 0 Å². The van der Waals surface area contributed by atoms with Crippen molar-refractivity contribution in [2.24, 2.45) is 11.8 Å². The van der Waals surface area contributed by atoms with Gasteiger partial charge in [0.05, 0.1) is 0 Å². The van der Waals surface area contributed by atoms with E-state index in [4.69, 9.17) is 5.84 Å². The van der Waals surface area contributed by atoms with Gasteiger partial charge in [0, 0.05) is 6.04 Å². The highest BCUT2D eigenvalue weighted by Gasteiger charge is 2.15. The Morgan fingerprint density at radius 1 is 1.06 bits per heavy atom. The van der Waals surface area contributed by atoms with Crippen molar-refractivity contribution < 1.29 is 0 Å². The largest absolute Gasteiger partial charge is 0.271 e. The predicted octanol–water partition coefficient (Wildman–Crippen LogP) is 3.55. The van der Waals surface area contributed by atoms with E-state index in [1.165, 1.54) is 28.7 Å². The Kier molecular flexibility index (Phi) is 5.16. The Morgan fingerprint density at radius 3 is 2.00 bits per heavy atom. The molecule has 1 unspecified atom stereocenters. The molecule has 0 aliphatic heterocycles. The standard InChI is InChI=1S/C15H26N2/c1-10(2)6-7-14(17-16)15-12(4)8-11(3)9-13(15)5/h8-10,14,17H,6-7,16H2,1-5H3. The van der Waals surface area contributed by atoms with Gasteiger partial charge < -0.3 is 0 Å². The molecule has 0 saturated heterocycles. The highest BCUT2D eigenvalue weighted by molar-refractivity contribution is 5.39. The molecule has 2 nitrogen and oxygen atoms in total. The van der Waals surface area contributed by atoms with Crippen LogP contribution in [-0.4, -0.2) is 0 Å². The molecule has 1 atom stereocenters. The van der Waals surface area contributed by atoms with Crippen molar-refractivity contribution in [3.63, 3.8) is 0 Å². The fourth-order valence-corrected chi connectivity index (χ4v) is 2.55. The summed E-state index contributed by atoms with van der Waals surface area (Å²) in [5.41, 5.74) is 8.35. The van der Waals surface area contributed by atoms with E-state index in [1.54, 1.807) is 0 Å². The quantitative estimate of drug-likeness (QED) is 0.604. The second kappa shape index (κ2) is 6.18. The van der Waals surface area contributed by atoms with Gasteiger partial charge in [-0.25, -0.2) is 0 Å². The second-order valence-electron chi connectivity index (χ2n) is 5.50. The molecule has 0 saturated carbocycles. The molecule has 96 valence electrons. The minimum atomic E-state index is 0.276. The molecule has 0 spiro atoms. The fraction of sp³-hybridized carbons (Fsp3) is 0.600. The van der Waals surface area contributed by atoms with Crippen LogP contribution >= 0.6 is 0 Å². The Labute approximate surface area is 106 Å². The van der Waals surface area contributed by atoms with Gasteiger partial charge in [0.15, 0.2) is 0 Å². The third-order valence-corrected chi connectivity index (χ3v) is 3.32. The van der Waals surface area contributed by atoms with Crippen molar-refractivity contribution in [2.45, 2.75) is 53.5 Å². The van der Waals surface area contributed by atoms with E-state index in [2.05, 4.69) is 52.2 Å². The number of nitrogens with one attached hydrogen (secondary N) is 1. The van der Waals surface area contributed by atoms with Crippen molar-refractivity contribution >= 4 is 0 Å². The summed E-state index contributed by atoms with van der Waals surface area (Å²) < 4.78 is 0. The summed E-state index contributed by atoms with van der Waals surface area (Å²) in [6.45, 7) is 11.0. The van der Waals surface area contributed by atoms with Gasteiger partial charge in [-0.15, -0.1) is 0 Å². The lowest BCUT2D eigenvalue weighted by molar-refractivity contribution is 0.446. The first-order valence-electron chi connectivity index (χ1n) is 6.49. The van der Waals surface area contributed by atoms with Gasteiger partial charge in [-0.05, 0) is 56.2 Å². The zero-order valence-corrected chi connectivity index (χ0v) is 11.8. The van der Waals surface area contributed by atoms with E-state index >= 15 is 0 Å². The average Bonchev–Trinajstić information content (AvgIpc) is 2.21. The third kappa shape index (κ3) is 3.83. The van der Waals surface area contributed by atoms with E-state index in [0.717, 1.165) is 12.3 Å². The van der Waals surface area contributed by atoms with Crippen LogP contribution in [0, 0.1) is 26.7 Å². The van der Waals surface area contributed by atoms with Crippen LogP contribution in [-0.2, 0) is 0 Å². The van der Waals surface area contributed by atoms with Crippen LogP contribution in [0.2, 0.25) is 0 Å². The molecule has 1 aromatic rings. The maximum atomic E-state index is 5.72. The summed E-state index contributed by atoms with van der Waals surface area (Å²) in [4.78, 5) is 0. The topological polar surface area (TPSA) is 38.0 Å². The summed E-state index contributed by atoms with van der Waals surface area (Å²) in [6, 6.07) is 4.75. The summed E-state index contributed by atoms with van der Waals surface area (Å²) >= 11 is 0. The number of hydrazine groups is 1. The van der Waals surface area contributed by atoms with E-state index < -0.39 is 0 Å². The number of rotatable bonds is 5. The maximum absolute atomic E-state index is 5.72. The van der Waals surface area contributed by atoms with Gasteiger partial charge in [-0.1, -0.05) is 31.5 Å². The van der Waals surface area contributed by atoms with E-state index in [9.17, 15) is 0 Å². The van der Waals surface area contributed by atoms with Crippen molar-refractivity contribution in [2.75, 3.05) is 0 Å². The second-order valence-corrected chi connectivity index (χ2v) is 5.50. The molecule has 3 N–H and O–H groups in total. The molecule has 0 fully saturated rings. The zero-order valence-electron chi connectivity index (χ0n) is 11.8. The Hall–Kier alpha value is -0.860. The van der Waals surface area contributed by atoms with E-state index in [-0.39, 0.29) is 6.04 Å². The molecule has 1 rings (SSSR count). The first kappa shape index (κ1) is 14.2. The highest BCUT2D eigenvalue weighted by atomic mass is 15.2. The molecular formula is C15H26N2. The predicted molar refractivity (Wildman–Crippen MR) is 74.8 cm³/mol. The summed E-state index contributed by atoms with van der Waals surface area (Å²) in [6.07, 6.45) is 2.29. The number of hydrogen-bond donors (Lipinski definition) is 2. The van der Waals surface area contributed by atoms with Crippen molar-refractivity contribution in [3.05, 3.63) is 34.4 Å². The number of benzene rings is 1. The molecular weight excluding hydrogens is 208 g/mol. The summed E-state index contributed by atoms with van der Waals surface area (Å²) in [5, 5.41) is 0. The monoisotopic (exact) mass is 234 g/mol. The number of aryl methyl sites for hydroxylation is 3. The van der Waals surface area contributed by atoms with Crippen molar-refractivity contribution in [3.8, 4) is 0 Å². The third-order valence-electron chi connectivity index (χ3n) is 3.32. The molecule has 1 aromatic carbocycles. The van der Waals surface area contributed by atoms with Gasteiger partial charge in [-0.3, -0.25) is 11.3 Å².